The number of nitrogens with one attached hydrogen (secondary N) is 1. The zero-order valence-electron chi connectivity index (χ0n) is 19.2. The fraction of sp³-hybridized carbons (Fsp3) is 0.0769. The Balaban J connectivity index is 1.60. The number of rotatable bonds is 7. The van der Waals surface area contributed by atoms with Gasteiger partial charge in [0.1, 0.15) is 18.0 Å². The highest BCUT2D eigenvalue weighted by Gasteiger charge is 2.34. The van der Waals surface area contributed by atoms with Crippen LogP contribution in [0.15, 0.2) is 66.2 Å². The highest BCUT2D eigenvalue weighted by Crippen LogP contribution is 2.35. The maximum absolute atomic E-state index is 13.4. The summed E-state index contributed by atoms with van der Waals surface area (Å²) in [7, 11) is 1.46. The summed E-state index contributed by atoms with van der Waals surface area (Å²) >= 11 is 7.22. The van der Waals surface area contributed by atoms with Crippen molar-refractivity contribution in [2.45, 2.75) is 6.61 Å². The molecule has 4 rings (SSSR count). The predicted octanol–water partition coefficient (Wildman–Crippen LogP) is 4.55. The number of carbonyl (C=O) groups excluding carboxylic acids is 2. The number of ether oxygens (including phenoxy) is 2. The Morgan fingerprint density at radius 1 is 1.14 bits per heavy atom. The Morgan fingerprint density at radius 3 is 2.43 bits per heavy atom. The SMILES string of the molecule is COc1cc(/C=C2/C(=O)NC(=S)N(c3ccc(F)cc3)C2=O)cc(I)c1OCc1ccc(C(=O)O)cc1. The van der Waals surface area contributed by atoms with E-state index in [0.717, 1.165) is 10.5 Å². The first kappa shape index (κ1) is 26.2. The van der Waals surface area contributed by atoms with Crippen LogP contribution in [0, 0.1) is 9.39 Å². The molecule has 1 aliphatic heterocycles. The second kappa shape index (κ2) is 11.0. The molecule has 188 valence electrons. The fourth-order valence-corrected chi connectivity index (χ4v) is 4.57. The van der Waals surface area contributed by atoms with Crippen LogP contribution < -0.4 is 19.7 Å². The molecular formula is C26H18FIN2O6S. The maximum Gasteiger partial charge on any atom is 0.335 e. The molecule has 1 saturated heterocycles. The van der Waals surface area contributed by atoms with E-state index in [1.165, 1.54) is 49.6 Å². The second-order valence-corrected chi connectivity index (χ2v) is 9.31. The van der Waals surface area contributed by atoms with Gasteiger partial charge in [0.25, 0.3) is 11.8 Å². The van der Waals surface area contributed by atoms with Gasteiger partial charge >= 0.3 is 5.97 Å². The summed E-state index contributed by atoms with van der Waals surface area (Å²) in [5.74, 6) is -1.98. The topological polar surface area (TPSA) is 105 Å². The fourth-order valence-electron chi connectivity index (χ4n) is 3.51. The molecule has 0 unspecified atom stereocenters. The van der Waals surface area contributed by atoms with Crippen LogP contribution in [0.4, 0.5) is 10.1 Å². The van der Waals surface area contributed by atoms with Gasteiger partial charge < -0.3 is 14.6 Å². The van der Waals surface area contributed by atoms with Gasteiger partial charge in [-0.2, -0.15) is 0 Å². The third-order valence-corrected chi connectivity index (χ3v) is 6.42. The number of amides is 2. The average molecular weight is 632 g/mol. The summed E-state index contributed by atoms with van der Waals surface area (Å²) in [5, 5.41) is 11.4. The second-order valence-electron chi connectivity index (χ2n) is 7.76. The number of benzene rings is 3. The van der Waals surface area contributed by atoms with E-state index in [1.54, 1.807) is 24.3 Å². The van der Waals surface area contributed by atoms with Crippen molar-refractivity contribution in [3.8, 4) is 11.5 Å². The zero-order chi connectivity index (χ0) is 26.7. The summed E-state index contributed by atoms with van der Waals surface area (Å²) in [6.45, 7) is 0.164. The largest absolute Gasteiger partial charge is 0.493 e. The van der Waals surface area contributed by atoms with Crippen LogP contribution in [0.1, 0.15) is 21.5 Å². The van der Waals surface area contributed by atoms with E-state index in [4.69, 9.17) is 26.8 Å². The Hall–Kier alpha value is -3.84. The molecule has 0 saturated carbocycles. The standard InChI is InChI=1S/C26H18FIN2O6S/c1-35-21-12-15(11-20(28)22(21)36-13-14-2-4-16(5-3-14)25(33)34)10-19-23(31)29-26(37)30(24(19)32)18-8-6-17(27)7-9-18/h2-12H,13H2,1H3,(H,33,34)(H,29,31,37)/b19-10-. The van der Waals surface area contributed by atoms with Crippen molar-refractivity contribution >= 4 is 69.5 Å². The first-order chi connectivity index (χ1) is 17.7. The Labute approximate surface area is 229 Å². The average Bonchev–Trinajstić information content (AvgIpc) is 2.87. The van der Waals surface area contributed by atoms with E-state index in [9.17, 15) is 18.8 Å². The van der Waals surface area contributed by atoms with Crippen LogP contribution in [-0.4, -0.2) is 35.1 Å². The van der Waals surface area contributed by atoms with Crippen LogP contribution in [-0.2, 0) is 16.2 Å². The number of aromatic carboxylic acids is 1. The number of hydrogen-bond donors (Lipinski definition) is 2. The lowest BCUT2D eigenvalue weighted by atomic mass is 10.1. The molecule has 0 radical (unpaired) electrons. The third-order valence-electron chi connectivity index (χ3n) is 5.33. The lowest BCUT2D eigenvalue weighted by Gasteiger charge is -2.29. The monoisotopic (exact) mass is 632 g/mol. The Kier molecular flexibility index (Phi) is 7.83. The molecule has 0 atom stereocenters. The lowest BCUT2D eigenvalue weighted by molar-refractivity contribution is -0.122. The summed E-state index contributed by atoms with van der Waals surface area (Å²) in [5.41, 5.74) is 1.59. The van der Waals surface area contributed by atoms with Gasteiger partial charge in [0.2, 0.25) is 0 Å². The Morgan fingerprint density at radius 2 is 1.81 bits per heavy atom. The Bertz CT molecular complexity index is 1440. The van der Waals surface area contributed by atoms with E-state index in [-0.39, 0.29) is 22.9 Å². The first-order valence-electron chi connectivity index (χ1n) is 10.7. The van der Waals surface area contributed by atoms with E-state index < -0.39 is 23.6 Å². The van der Waals surface area contributed by atoms with Crippen molar-refractivity contribution in [2.24, 2.45) is 0 Å². The van der Waals surface area contributed by atoms with Crippen LogP contribution in [0.3, 0.4) is 0 Å². The highest BCUT2D eigenvalue weighted by molar-refractivity contribution is 14.1. The molecule has 0 spiro atoms. The molecule has 1 aliphatic rings. The number of nitrogens with zero attached hydrogens (tertiary/aromatic N) is 1. The van der Waals surface area contributed by atoms with Crippen molar-refractivity contribution in [3.63, 3.8) is 0 Å². The van der Waals surface area contributed by atoms with Crippen molar-refractivity contribution in [1.82, 2.24) is 5.32 Å². The smallest absolute Gasteiger partial charge is 0.335 e. The van der Waals surface area contributed by atoms with E-state index >= 15 is 0 Å². The number of thiocarbonyl (C=S) groups is 1. The van der Waals surface area contributed by atoms with Gasteiger partial charge in [-0.3, -0.25) is 19.8 Å². The zero-order valence-corrected chi connectivity index (χ0v) is 22.1. The quantitative estimate of drug-likeness (QED) is 0.171. The highest BCUT2D eigenvalue weighted by atomic mass is 127. The first-order valence-corrected chi connectivity index (χ1v) is 12.2. The molecule has 0 bridgehead atoms. The number of carboxylic acid groups (broad SMARTS) is 1. The molecule has 8 nitrogen and oxygen atoms in total. The van der Waals surface area contributed by atoms with Crippen molar-refractivity contribution in [3.05, 3.63) is 92.3 Å². The number of hydrogen-bond acceptors (Lipinski definition) is 6. The van der Waals surface area contributed by atoms with E-state index in [2.05, 4.69) is 27.9 Å². The molecule has 0 aliphatic carbocycles. The van der Waals surface area contributed by atoms with Crippen molar-refractivity contribution in [2.75, 3.05) is 12.0 Å². The third kappa shape index (κ3) is 5.78. The number of halogens is 2. The molecule has 3 aromatic carbocycles. The van der Waals surface area contributed by atoms with Gasteiger partial charge in [0.15, 0.2) is 16.6 Å². The predicted molar refractivity (Wildman–Crippen MR) is 146 cm³/mol. The number of carboxylic acids is 1. The molecule has 1 fully saturated rings. The molecular weight excluding hydrogens is 614 g/mol. The minimum absolute atomic E-state index is 0.106. The van der Waals surface area contributed by atoms with Gasteiger partial charge in [-0.1, -0.05) is 12.1 Å². The van der Waals surface area contributed by atoms with Gasteiger partial charge in [-0.15, -0.1) is 0 Å². The minimum atomic E-state index is -1.01. The number of anilines is 1. The molecule has 37 heavy (non-hydrogen) atoms. The van der Waals surface area contributed by atoms with Gasteiger partial charge in [-0.25, -0.2) is 9.18 Å². The van der Waals surface area contributed by atoms with Crippen LogP contribution in [0.5, 0.6) is 11.5 Å². The summed E-state index contributed by atoms with van der Waals surface area (Å²) in [4.78, 5) is 38.0. The molecule has 2 amide bonds. The maximum atomic E-state index is 13.4. The van der Waals surface area contributed by atoms with Crippen molar-refractivity contribution in [1.29, 1.82) is 0 Å². The van der Waals surface area contributed by atoms with E-state index in [1.807, 2.05) is 0 Å². The van der Waals surface area contributed by atoms with Crippen LogP contribution in [0.25, 0.3) is 6.08 Å². The van der Waals surface area contributed by atoms with Gasteiger partial charge in [0, 0.05) is 0 Å². The van der Waals surface area contributed by atoms with Crippen LogP contribution >= 0.6 is 34.8 Å². The summed E-state index contributed by atoms with van der Waals surface area (Å²) < 4.78 is 25.4. The molecule has 2 N–H and O–H groups in total. The summed E-state index contributed by atoms with van der Waals surface area (Å²) in [6.07, 6.45) is 1.41. The van der Waals surface area contributed by atoms with E-state index in [0.29, 0.717) is 26.3 Å². The minimum Gasteiger partial charge on any atom is -0.493 e. The normalized spacial score (nSPS) is 14.5. The molecule has 1 heterocycles. The number of methoxy groups -OCH3 is 1. The van der Waals surface area contributed by atoms with Crippen molar-refractivity contribution < 1.29 is 33.4 Å². The van der Waals surface area contributed by atoms with Gasteiger partial charge in [0.05, 0.1) is 21.9 Å². The number of carbonyl (C=O) groups is 3. The van der Waals surface area contributed by atoms with Crippen LogP contribution in [0.2, 0.25) is 0 Å². The lowest BCUT2D eigenvalue weighted by Crippen LogP contribution is -2.54. The molecule has 3 aromatic rings. The van der Waals surface area contributed by atoms with Gasteiger partial charge in [-0.05, 0) is 101 Å². The summed E-state index contributed by atoms with van der Waals surface area (Å²) in [6, 6.07) is 14.8. The molecule has 11 heteroatoms. The molecule has 0 aromatic heterocycles.